The number of hydrogen-bond acceptors (Lipinski definition) is 4. The Morgan fingerprint density at radius 2 is 2.11 bits per heavy atom. The second kappa shape index (κ2) is 7.27. The second-order valence-corrected chi connectivity index (χ2v) is 4.23. The van der Waals surface area contributed by atoms with Gasteiger partial charge >= 0.3 is 0 Å². The molecule has 19 heavy (non-hydrogen) atoms. The van der Waals surface area contributed by atoms with E-state index in [9.17, 15) is 4.79 Å². The number of nitrogens with zero attached hydrogens (tertiary/aromatic N) is 1. The number of ether oxygens (including phenoxy) is 1. The van der Waals surface area contributed by atoms with E-state index in [1.807, 2.05) is 13.0 Å². The normalized spacial score (nSPS) is 13.1. The Bertz CT molecular complexity index is 451. The molecule has 0 aliphatic heterocycles. The first-order chi connectivity index (χ1) is 9.06. The van der Waals surface area contributed by atoms with Crippen molar-refractivity contribution in [1.29, 1.82) is 5.26 Å². The summed E-state index contributed by atoms with van der Waals surface area (Å²) in [7, 11) is 0. The zero-order valence-electron chi connectivity index (χ0n) is 11.1. The van der Waals surface area contributed by atoms with Gasteiger partial charge in [-0.05, 0) is 37.6 Å². The number of aromatic hydroxyl groups is 1. The quantitative estimate of drug-likeness (QED) is 0.821. The van der Waals surface area contributed by atoms with Crippen molar-refractivity contribution in [3.05, 3.63) is 24.3 Å². The highest BCUT2D eigenvalue weighted by atomic mass is 16.5. The summed E-state index contributed by atoms with van der Waals surface area (Å²) in [5.74, 6) is 0.300. The predicted molar refractivity (Wildman–Crippen MR) is 70.6 cm³/mol. The van der Waals surface area contributed by atoms with Gasteiger partial charge in [-0.3, -0.25) is 4.79 Å². The molecular weight excluding hydrogens is 244 g/mol. The topological polar surface area (TPSA) is 82.4 Å². The van der Waals surface area contributed by atoms with Gasteiger partial charge in [-0.1, -0.05) is 13.3 Å². The Morgan fingerprint density at radius 1 is 1.47 bits per heavy atom. The highest BCUT2D eigenvalue weighted by Crippen LogP contribution is 2.17. The molecule has 102 valence electrons. The van der Waals surface area contributed by atoms with Gasteiger partial charge < -0.3 is 15.2 Å². The number of carbonyl (C=O) groups is 1. The van der Waals surface area contributed by atoms with Crippen molar-refractivity contribution in [2.24, 2.45) is 0 Å². The summed E-state index contributed by atoms with van der Waals surface area (Å²) in [5.41, 5.74) is 0. The molecule has 0 heterocycles. The molecule has 2 atom stereocenters. The number of rotatable bonds is 6. The maximum atomic E-state index is 11.8. The standard InChI is InChI=1S/C14H18N2O3/c1-3-4-11(9-15)16-14(18)10(2)19-13-7-5-12(17)6-8-13/h5-8,10-11,17H,3-4H2,1-2H3,(H,16,18). The van der Waals surface area contributed by atoms with Crippen molar-refractivity contribution in [3.8, 4) is 17.6 Å². The van der Waals surface area contributed by atoms with E-state index in [4.69, 9.17) is 15.1 Å². The number of nitriles is 1. The molecule has 0 saturated carbocycles. The van der Waals surface area contributed by atoms with Crippen LogP contribution in [0.4, 0.5) is 0 Å². The zero-order chi connectivity index (χ0) is 14.3. The van der Waals surface area contributed by atoms with Gasteiger partial charge in [0.25, 0.3) is 5.91 Å². The number of phenols is 1. The SMILES string of the molecule is CCCC(C#N)NC(=O)C(C)Oc1ccc(O)cc1. The zero-order valence-corrected chi connectivity index (χ0v) is 11.1. The van der Waals surface area contributed by atoms with E-state index in [0.29, 0.717) is 12.2 Å². The van der Waals surface area contributed by atoms with Crippen LogP contribution in [-0.4, -0.2) is 23.2 Å². The van der Waals surface area contributed by atoms with Gasteiger partial charge in [0, 0.05) is 0 Å². The monoisotopic (exact) mass is 262 g/mol. The lowest BCUT2D eigenvalue weighted by Crippen LogP contribution is -2.41. The number of phenolic OH excluding ortho intramolecular Hbond substituents is 1. The molecule has 0 aromatic heterocycles. The Morgan fingerprint density at radius 3 is 2.63 bits per heavy atom. The smallest absolute Gasteiger partial charge is 0.261 e. The first-order valence-corrected chi connectivity index (χ1v) is 6.22. The fourth-order valence-corrected chi connectivity index (χ4v) is 1.53. The van der Waals surface area contributed by atoms with E-state index in [0.717, 1.165) is 6.42 Å². The van der Waals surface area contributed by atoms with Gasteiger partial charge in [0.2, 0.25) is 0 Å². The fraction of sp³-hybridized carbons (Fsp3) is 0.429. The minimum Gasteiger partial charge on any atom is -0.508 e. The van der Waals surface area contributed by atoms with Crippen LogP contribution in [0.25, 0.3) is 0 Å². The van der Waals surface area contributed by atoms with Crippen LogP contribution in [0.5, 0.6) is 11.5 Å². The average Bonchev–Trinajstić information content (AvgIpc) is 2.40. The van der Waals surface area contributed by atoms with Gasteiger partial charge in [-0.25, -0.2) is 0 Å². The third-order valence-electron chi connectivity index (χ3n) is 2.57. The molecule has 0 aliphatic rings. The summed E-state index contributed by atoms with van der Waals surface area (Å²) in [6.45, 7) is 3.56. The van der Waals surface area contributed by atoms with Crippen molar-refractivity contribution in [3.63, 3.8) is 0 Å². The van der Waals surface area contributed by atoms with Gasteiger partial charge in [0.05, 0.1) is 6.07 Å². The highest BCUT2D eigenvalue weighted by molar-refractivity contribution is 5.81. The molecule has 2 N–H and O–H groups in total. The van der Waals surface area contributed by atoms with Crippen molar-refractivity contribution in [2.75, 3.05) is 0 Å². The molecule has 0 fully saturated rings. The first kappa shape index (κ1) is 14.8. The molecule has 1 rings (SSSR count). The predicted octanol–water partition coefficient (Wildman–Crippen LogP) is 1.97. The van der Waals surface area contributed by atoms with Gasteiger partial charge in [0.15, 0.2) is 6.10 Å². The van der Waals surface area contributed by atoms with Crippen LogP contribution in [0.2, 0.25) is 0 Å². The van der Waals surface area contributed by atoms with Crippen LogP contribution < -0.4 is 10.1 Å². The van der Waals surface area contributed by atoms with Gasteiger partial charge in [0.1, 0.15) is 17.5 Å². The Kier molecular flexibility index (Phi) is 5.68. The third-order valence-corrected chi connectivity index (χ3v) is 2.57. The number of nitrogens with one attached hydrogen (secondary N) is 1. The maximum Gasteiger partial charge on any atom is 0.261 e. The lowest BCUT2D eigenvalue weighted by molar-refractivity contribution is -0.127. The summed E-state index contributed by atoms with van der Waals surface area (Å²) < 4.78 is 5.42. The van der Waals surface area contributed by atoms with E-state index >= 15 is 0 Å². The van der Waals surface area contributed by atoms with Crippen LogP contribution in [0.15, 0.2) is 24.3 Å². The molecule has 2 unspecified atom stereocenters. The summed E-state index contributed by atoms with van der Waals surface area (Å²) in [6.07, 6.45) is 0.747. The van der Waals surface area contributed by atoms with Crippen molar-refractivity contribution < 1.29 is 14.6 Å². The third kappa shape index (κ3) is 4.88. The van der Waals surface area contributed by atoms with Crippen LogP contribution in [0.1, 0.15) is 26.7 Å². The molecule has 0 bridgehead atoms. The number of carbonyl (C=O) groups excluding carboxylic acids is 1. The Balaban J connectivity index is 2.53. The summed E-state index contributed by atoms with van der Waals surface area (Å²) in [5, 5.41) is 20.6. The number of amides is 1. The molecule has 5 nitrogen and oxygen atoms in total. The Hall–Kier alpha value is -2.22. The van der Waals surface area contributed by atoms with Crippen LogP contribution in [-0.2, 0) is 4.79 Å². The average molecular weight is 262 g/mol. The maximum absolute atomic E-state index is 11.8. The van der Waals surface area contributed by atoms with Gasteiger partial charge in [-0.15, -0.1) is 0 Å². The Labute approximate surface area is 112 Å². The molecular formula is C14H18N2O3. The molecule has 0 spiro atoms. The first-order valence-electron chi connectivity index (χ1n) is 6.22. The molecule has 1 amide bonds. The summed E-state index contributed by atoms with van der Waals surface area (Å²) in [6, 6.07) is 7.67. The molecule has 0 saturated heterocycles. The lowest BCUT2D eigenvalue weighted by Gasteiger charge is -2.17. The van der Waals surface area contributed by atoms with E-state index in [1.54, 1.807) is 19.1 Å². The fourth-order valence-electron chi connectivity index (χ4n) is 1.53. The second-order valence-electron chi connectivity index (χ2n) is 4.23. The van der Waals surface area contributed by atoms with E-state index in [1.165, 1.54) is 12.1 Å². The number of benzene rings is 1. The molecule has 5 heteroatoms. The van der Waals surface area contributed by atoms with Crippen LogP contribution >= 0.6 is 0 Å². The largest absolute Gasteiger partial charge is 0.508 e. The highest BCUT2D eigenvalue weighted by Gasteiger charge is 2.18. The van der Waals surface area contributed by atoms with E-state index in [-0.39, 0.29) is 11.7 Å². The summed E-state index contributed by atoms with van der Waals surface area (Å²) >= 11 is 0. The molecule has 1 aromatic carbocycles. The van der Waals surface area contributed by atoms with Crippen molar-refractivity contribution >= 4 is 5.91 Å². The minimum atomic E-state index is -0.697. The molecule has 1 aromatic rings. The van der Waals surface area contributed by atoms with Crippen LogP contribution in [0.3, 0.4) is 0 Å². The minimum absolute atomic E-state index is 0.136. The van der Waals surface area contributed by atoms with E-state index < -0.39 is 12.1 Å². The van der Waals surface area contributed by atoms with Gasteiger partial charge in [-0.2, -0.15) is 5.26 Å². The van der Waals surface area contributed by atoms with E-state index in [2.05, 4.69) is 5.32 Å². The number of hydrogen-bond donors (Lipinski definition) is 2. The molecule has 0 radical (unpaired) electrons. The van der Waals surface area contributed by atoms with Crippen LogP contribution in [0, 0.1) is 11.3 Å². The lowest BCUT2D eigenvalue weighted by atomic mass is 10.2. The molecule has 0 aliphatic carbocycles. The summed E-state index contributed by atoms with van der Waals surface area (Å²) in [4.78, 5) is 11.8. The van der Waals surface area contributed by atoms with Crippen molar-refractivity contribution in [1.82, 2.24) is 5.32 Å². The van der Waals surface area contributed by atoms with Crippen molar-refractivity contribution in [2.45, 2.75) is 38.8 Å².